The Kier molecular flexibility index (Phi) is 4.13. The minimum absolute atomic E-state index is 0.0237. The van der Waals surface area contributed by atoms with Crippen LogP contribution in [0.2, 0.25) is 0 Å². The molecule has 1 atom stereocenters. The van der Waals surface area contributed by atoms with Crippen LogP contribution in [0.5, 0.6) is 0 Å². The second kappa shape index (κ2) is 6.37. The number of nitrogens with zero attached hydrogens (tertiary/aromatic N) is 4. The van der Waals surface area contributed by atoms with Crippen LogP contribution in [-0.4, -0.2) is 38.4 Å². The van der Waals surface area contributed by atoms with E-state index in [2.05, 4.69) is 9.97 Å². The zero-order chi connectivity index (χ0) is 19.2. The molecule has 1 aliphatic heterocycles. The molecule has 0 N–H and O–H groups in total. The predicted molar refractivity (Wildman–Crippen MR) is 93.2 cm³/mol. The van der Waals surface area contributed by atoms with E-state index in [4.69, 9.17) is 0 Å². The Balaban J connectivity index is 1.60. The highest BCUT2D eigenvalue weighted by atomic mass is 19.4. The molecule has 140 valence electrons. The number of hydrogen-bond donors (Lipinski definition) is 0. The van der Waals surface area contributed by atoms with Crippen molar-refractivity contribution < 1.29 is 18.0 Å². The molecular weight excluding hydrogens is 357 g/mol. The first-order valence-corrected chi connectivity index (χ1v) is 8.58. The molecule has 0 radical (unpaired) electrons. The number of aryl methyl sites for hydroxylation is 1. The molecule has 0 bridgehead atoms. The highest BCUT2D eigenvalue weighted by Crippen LogP contribution is 2.34. The van der Waals surface area contributed by atoms with E-state index < -0.39 is 17.6 Å². The highest BCUT2D eigenvalue weighted by Gasteiger charge is 2.38. The molecular formula is C19H17F3N4O. The van der Waals surface area contributed by atoms with Gasteiger partial charge in [-0.15, -0.1) is 0 Å². The summed E-state index contributed by atoms with van der Waals surface area (Å²) in [6.07, 6.45) is -0.513. The fraction of sp³-hybridized carbons (Fsp3) is 0.316. The zero-order valence-corrected chi connectivity index (χ0v) is 14.6. The van der Waals surface area contributed by atoms with Crippen molar-refractivity contribution in [1.82, 2.24) is 19.4 Å². The predicted octanol–water partition coefficient (Wildman–Crippen LogP) is 3.62. The summed E-state index contributed by atoms with van der Waals surface area (Å²) < 4.78 is 41.6. The number of hydrogen-bond acceptors (Lipinski definition) is 3. The molecule has 1 aliphatic rings. The third kappa shape index (κ3) is 3.05. The van der Waals surface area contributed by atoms with E-state index >= 15 is 0 Å². The Morgan fingerprint density at radius 1 is 1.22 bits per heavy atom. The summed E-state index contributed by atoms with van der Waals surface area (Å²) in [7, 11) is 1.88. The molecule has 3 aromatic rings. The molecule has 1 amide bonds. The molecule has 5 nitrogen and oxygen atoms in total. The van der Waals surface area contributed by atoms with Gasteiger partial charge in [0.05, 0.1) is 28.4 Å². The van der Waals surface area contributed by atoms with Crippen molar-refractivity contribution in [1.29, 1.82) is 0 Å². The van der Waals surface area contributed by atoms with Gasteiger partial charge in [0.15, 0.2) is 0 Å². The molecule has 2 aromatic heterocycles. The molecule has 0 aliphatic carbocycles. The van der Waals surface area contributed by atoms with Crippen LogP contribution in [0.25, 0.3) is 11.0 Å². The summed E-state index contributed by atoms with van der Waals surface area (Å²) in [5.41, 5.74) is 0.501. The minimum atomic E-state index is -4.56. The van der Waals surface area contributed by atoms with E-state index in [1.165, 1.54) is 23.1 Å². The van der Waals surface area contributed by atoms with Gasteiger partial charge in [-0.2, -0.15) is 13.2 Å². The summed E-state index contributed by atoms with van der Waals surface area (Å²) >= 11 is 0. The van der Waals surface area contributed by atoms with E-state index in [0.29, 0.717) is 19.5 Å². The van der Waals surface area contributed by atoms with E-state index in [9.17, 15) is 18.0 Å². The van der Waals surface area contributed by atoms with E-state index in [-0.39, 0.29) is 11.5 Å². The molecule has 1 fully saturated rings. The number of carbonyl (C=O) groups is 1. The van der Waals surface area contributed by atoms with Crippen LogP contribution >= 0.6 is 0 Å². The van der Waals surface area contributed by atoms with Gasteiger partial charge in [-0.1, -0.05) is 12.1 Å². The van der Waals surface area contributed by atoms with E-state index in [1.807, 2.05) is 17.7 Å². The molecule has 1 unspecified atom stereocenters. The van der Waals surface area contributed by atoms with Gasteiger partial charge in [-0.05, 0) is 24.6 Å². The topological polar surface area (TPSA) is 51.0 Å². The quantitative estimate of drug-likeness (QED) is 0.689. The third-order valence-corrected chi connectivity index (χ3v) is 5.02. The Morgan fingerprint density at radius 3 is 2.74 bits per heavy atom. The number of alkyl halides is 3. The van der Waals surface area contributed by atoms with E-state index in [1.54, 1.807) is 12.4 Å². The van der Waals surface area contributed by atoms with Gasteiger partial charge >= 0.3 is 6.18 Å². The van der Waals surface area contributed by atoms with Crippen LogP contribution < -0.4 is 0 Å². The van der Waals surface area contributed by atoms with Crippen LogP contribution in [0.1, 0.15) is 34.1 Å². The number of pyridine rings is 1. The van der Waals surface area contributed by atoms with Crippen LogP contribution in [0, 0.1) is 0 Å². The van der Waals surface area contributed by atoms with Crippen molar-refractivity contribution >= 4 is 16.9 Å². The average molecular weight is 374 g/mol. The van der Waals surface area contributed by atoms with Crippen molar-refractivity contribution in [3.8, 4) is 0 Å². The molecule has 27 heavy (non-hydrogen) atoms. The van der Waals surface area contributed by atoms with Crippen LogP contribution in [0.4, 0.5) is 13.2 Å². The zero-order valence-electron chi connectivity index (χ0n) is 14.6. The number of imidazole rings is 1. The largest absolute Gasteiger partial charge is 0.417 e. The van der Waals surface area contributed by atoms with Gasteiger partial charge in [-0.25, -0.2) is 4.98 Å². The Bertz CT molecular complexity index is 1010. The van der Waals surface area contributed by atoms with Crippen LogP contribution in [0.15, 0.2) is 42.7 Å². The monoisotopic (exact) mass is 374 g/mol. The first-order valence-electron chi connectivity index (χ1n) is 8.58. The fourth-order valence-electron chi connectivity index (χ4n) is 3.66. The van der Waals surface area contributed by atoms with Crippen molar-refractivity contribution in [2.45, 2.75) is 18.5 Å². The van der Waals surface area contributed by atoms with Gasteiger partial charge in [0.2, 0.25) is 0 Å². The average Bonchev–Trinajstić information content (AvgIpc) is 3.26. The number of halogens is 3. The van der Waals surface area contributed by atoms with Crippen molar-refractivity contribution in [2.75, 3.05) is 13.1 Å². The number of rotatable bonds is 2. The molecule has 8 heteroatoms. The Labute approximate surface area is 153 Å². The third-order valence-electron chi connectivity index (χ3n) is 5.02. The molecule has 0 saturated carbocycles. The summed E-state index contributed by atoms with van der Waals surface area (Å²) in [5.74, 6) is 0.202. The number of benzene rings is 1. The van der Waals surface area contributed by atoms with Crippen molar-refractivity contribution in [2.24, 2.45) is 7.05 Å². The van der Waals surface area contributed by atoms with Gasteiger partial charge in [0.25, 0.3) is 5.91 Å². The van der Waals surface area contributed by atoms with Gasteiger partial charge in [-0.3, -0.25) is 9.78 Å². The second-order valence-corrected chi connectivity index (χ2v) is 6.67. The standard InChI is InChI=1S/C19H17F3N4O/c1-25-16-10-23-8-6-15(16)24-17(25)12-7-9-26(11-12)18(27)13-4-2-3-5-14(13)19(20,21)22/h2-6,8,10,12H,7,9,11H2,1H3. The maximum Gasteiger partial charge on any atom is 0.417 e. The fourth-order valence-corrected chi connectivity index (χ4v) is 3.66. The molecule has 3 heterocycles. The van der Waals surface area contributed by atoms with Gasteiger partial charge in [0, 0.05) is 32.3 Å². The number of amides is 1. The maximum atomic E-state index is 13.2. The molecule has 1 aromatic carbocycles. The molecule has 4 rings (SSSR count). The first kappa shape index (κ1) is 17.5. The number of aromatic nitrogens is 3. The van der Waals surface area contributed by atoms with Crippen molar-refractivity contribution in [3.05, 3.63) is 59.7 Å². The second-order valence-electron chi connectivity index (χ2n) is 6.67. The SMILES string of the molecule is Cn1c(C2CCN(C(=O)c3ccccc3C(F)(F)F)C2)nc2ccncc21. The maximum absolute atomic E-state index is 13.2. The summed E-state index contributed by atoms with van der Waals surface area (Å²) in [5, 5.41) is 0. The first-order chi connectivity index (χ1) is 12.9. The summed E-state index contributed by atoms with van der Waals surface area (Å²) in [6.45, 7) is 0.743. The Morgan fingerprint density at radius 2 is 2.00 bits per heavy atom. The lowest BCUT2D eigenvalue weighted by molar-refractivity contribution is -0.138. The summed E-state index contributed by atoms with van der Waals surface area (Å²) in [6, 6.07) is 6.74. The van der Waals surface area contributed by atoms with Crippen molar-refractivity contribution in [3.63, 3.8) is 0 Å². The highest BCUT2D eigenvalue weighted by molar-refractivity contribution is 5.96. The number of likely N-dealkylation sites (tertiary alicyclic amines) is 1. The van der Waals surface area contributed by atoms with Crippen LogP contribution in [-0.2, 0) is 13.2 Å². The minimum Gasteiger partial charge on any atom is -0.338 e. The normalized spacial score (nSPS) is 17.6. The molecule has 0 spiro atoms. The number of fused-ring (bicyclic) bond motifs is 1. The van der Waals surface area contributed by atoms with Gasteiger partial charge < -0.3 is 9.47 Å². The Hall–Kier alpha value is -2.90. The van der Waals surface area contributed by atoms with Gasteiger partial charge in [0.1, 0.15) is 5.82 Å². The number of carbonyl (C=O) groups excluding carboxylic acids is 1. The molecule has 1 saturated heterocycles. The van der Waals surface area contributed by atoms with E-state index in [0.717, 1.165) is 22.9 Å². The smallest absolute Gasteiger partial charge is 0.338 e. The lowest BCUT2D eigenvalue weighted by atomic mass is 10.1. The lowest BCUT2D eigenvalue weighted by Gasteiger charge is -2.19. The lowest BCUT2D eigenvalue weighted by Crippen LogP contribution is -2.30. The van der Waals surface area contributed by atoms with Crippen LogP contribution in [0.3, 0.4) is 0 Å². The summed E-state index contributed by atoms with van der Waals surface area (Å²) in [4.78, 5) is 22.9.